The molecule has 0 unspecified atom stereocenters. The summed E-state index contributed by atoms with van der Waals surface area (Å²) in [6.45, 7) is 2.97. The number of Topliss-reactive ketones (excluding diaryl/α,β-unsaturated/α-hetero) is 1. The number of hydrogen-bond donors (Lipinski definition) is 1. The number of benzene rings is 1. The second-order valence-electron chi connectivity index (χ2n) is 7.17. The van der Waals surface area contributed by atoms with Crippen LogP contribution in [-0.2, 0) is 10.0 Å². The van der Waals surface area contributed by atoms with E-state index in [9.17, 15) is 13.2 Å². The number of H-pyrrole nitrogens is 1. The number of fused-ring (bicyclic) bond motifs is 1. The summed E-state index contributed by atoms with van der Waals surface area (Å²) < 4.78 is 27.0. The van der Waals surface area contributed by atoms with E-state index in [4.69, 9.17) is 0 Å². The van der Waals surface area contributed by atoms with Crippen LogP contribution in [0.1, 0.15) is 36.5 Å². The number of aromatic amines is 1. The fourth-order valence-corrected chi connectivity index (χ4v) is 5.89. The van der Waals surface area contributed by atoms with E-state index in [-0.39, 0.29) is 15.9 Å². The molecular formula is C21H23N3O3S2. The Labute approximate surface area is 174 Å². The molecule has 0 amide bonds. The third-order valence-corrected chi connectivity index (χ3v) is 8.12. The van der Waals surface area contributed by atoms with Gasteiger partial charge in [-0.3, -0.25) is 4.79 Å². The highest BCUT2D eigenvalue weighted by Crippen LogP contribution is 2.28. The Morgan fingerprint density at radius 3 is 2.62 bits per heavy atom. The quantitative estimate of drug-likeness (QED) is 0.471. The lowest BCUT2D eigenvalue weighted by Gasteiger charge is -2.25. The van der Waals surface area contributed by atoms with E-state index in [0.717, 1.165) is 30.2 Å². The molecule has 3 aromatic rings. The van der Waals surface area contributed by atoms with Gasteiger partial charge >= 0.3 is 0 Å². The fraction of sp³-hybridized carbons (Fsp3) is 0.333. The highest BCUT2D eigenvalue weighted by Gasteiger charge is 2.26. The molecule has 0 bridgehead atoms. The Hall–Kier alpha value is -2.16. The van der Waals surface area contributed by atoms with Crippen LogP contribution in [0.25, 0.3) is 10.9 Å². The molecule has 4 rings (SSSR count). The lowest BCUT2D eigenvalue weighted by atomic mass is 10.1. The minimum absolute atomic E-state index is 0.0132. The van der Waals surface area contributed by atoms with Crippen LogP contribution in [0.5, 0.6) is 0 Å². The van der Waals surface area contributed by atoms with E-state index in [1.165, 1.54) is 22.3 Å². The minimum atomic E-state index is -3.49. The molecule has 1 aliphatic heterocycles. The van der Waals surface area contributed by atoms with Gasteiger partial charge < -0.3 is 4.98 Å². The van der Waals surface area contributed by atoms with Crippen LogP contribution in [0.2, 0.25) is 0 Å². The van der Waals surface area contributed by atoms with E-state index >= 15 is 0 Å². The van der Waals surface area contributed by atoms with Crippen LogP contribution in [-0.4, -0.2) is 46.8 Å². The highest BCUT2D eigenvalue weighted by molar-refractivity contribution is 8.00. The Kier molecular flexibility index (Phi) is 5.76. The van der Waals surface area contributed by atoms with Gasteiger partial charge in [-0.25, -0.2) is 13.4 Å². The number of pyridine rings is 1. The number of piperidine rings is 1. The summed E-state index contributed by atoms with van der Waals surface area (Å²) in [5, 5.41) is 1.19. The van der Waals surface area contributed by atoms with Gasteiger partial charge in [0.05, 0.1) is 10.3 Å². The van der Waals surface area contributed by atoms with Crippen molar-refractivity contribution in [3.8, 4) is 0 Å². The van der Waals surface area contributed by atoms with E-state index in [0.29, 0.717) is 23.7 Å². The van der Waals surface area contributed by atoms with Crippen molar-refractivity contribution in [2.24, 2.45) is 0 Å². The van der Waals surface area contributed by atoms with Crippen molar-refractivity contribution in [2.45, 2.75) is 41.4 Å². The molecule has 1 aromatic carbocycles. The zero-order valence-electron chi connectivity index (χ0n) is 16.2. The molecule has 6 nitrogen and oxygen atoms in total. The second-order valence-corrected chi connectivity index (χ2v) is 10.5. The molecule has 29 heavy (non-hydrogen) atoms. The van der Waals surface area contributed by atoms with Crippen LogP contribution < -0.4 is 0 Å². The Balaban J connectivity index is 1.47. The molecule has 2 aromatic heterocycles. The molecule has 1 fully saturated rings. The summed E-state index contributed by atoms with van der Waals surface area (Å²) in [5.41, 5.74) is 1.59. The van der Waals surface area contributed by atoms with Gasteiger partial charge in [0, 0.05) is 41.9 Å². The molecule has 0 radical (unpaired) electrons. The minimum Gasteiger partial charge on any atom is -0.360 e. The van der Waals surface area contributed by atoms with Crippen molar-refractivity contribution in [1.82, 2.24) is 14.3 Å². The van der Waals surface area contributed by atoms with Gasteiger partial charge in [0.1, 0.15) is 4.90 Å². The lowest BCUT2D eigenvalue weighted by Crippen LogP contribution is -2.35. The van der Waals surface area contributed by atoms with Gasteiger partial charge in [0.25, 0.3) is 0 Å². The maximum Gasteiger partial charge on any atom is 0.244 e. The largest absolute Gasteiger partial charge is 0.360 e. The number of thioether (sulfide) groups is 1. The zero-order chi connectivity index (χ0) is 20.4. The van der Waals surface area contributed by atoms with Gasteiger partial charge in [-0.1, -0.05) is 36.4 Å². The maximum absolute atomic E-state index is 12.9. The molecule has 1 saturated heterocycles. The molecular weight excluding hydrogens is 406 g/mol. The first-order chi connectivity index (χ1) is 14.0. The monoisotopic (exact) mass is 429 g/mol. The number of nitrogens with one attached hydrogen (secondary N) is 1. The smallest absolute Gasteiger partial charge is 0.244 e. The number of rotatable bonds is 6. The third-order valence-electron chi connectivity index (χ3n) is 5.18. The number of sulfonamides is 1. The standard InChI is InChI=1S/C21H23N3O3S2/c1-15(21(25)18-14-22-19-8-4-3-7-17(18)19)28-20-10-9-16(13-23-20)29(26,27)24-11-5-2-6-12-24/h3-4,7-10,13-15,22H,2,5-6,11-12H2,1H3/t15-/m0/s1. The summed E-state index contributed by atoms with van der Waals surface area (Å²) in [6.07, 6.45) is 6.01. The van der Waals surface area contributed by atoms with Gasteiger partial charge in [-0.05, 0) is 38.0 Å². The predicted molar refractivity (Wildman–Crippen MR) is 115 cm³/mol. The van der Waals surface area contributed by atoms with Crippen LogP contribution in [0.15, 0.2) is 58.7 Å². The highest BCUT2D eigenvalue weighted by atomic mass is 32.2. The maximum atomic E-state index is 12.9. The summed E-state index contributed by atoms with van der Waals surface area (Å²) in [5.74, 6) is 0.0132. The summed E-state index contributed by atoms with van der Waals surface area (Å²) in [7, 11) is -3.49. The normalized spacial score (nSPS) is 16.7. The first kappa shape index (κ1) is 20.1. The topological polar surface area (TPSA) is 83.1 Å². The van der Waals surface area contributed by atoms with Crippen molar-refractivity contribution in [3.63, 3.8) is 0 Å². The van der Waals surface area contributed by atoms with E-state index in [2.05, 4.69) is 9.97 Å². The molecule has 152 valence electrons. The summed E-state index contributed by atoms with van der Waals surface area (Å²) in [6, 6.07) is 11.0. The average molecular weight is 430 g/mol. The summed E-state index contributed by atoms with van der Waals surface area (Å²) in [4.78, 5) is 20.5. The Morgan fingerprint density at radius 2 is 1.90 bits per heavy atom. The summed E-state index contributed by atoms with van der Waals surface area (Å²) >= 11 is 1.33. The number of para-hydroxylation sites is 1. The van der Waals surface area contributed by atoms with E-state index in [1.807, 2.05) is 31.2 Å². The second kappa shape index (κ2) is 8.30. The lowest BCUT2D eigenvalue weighted by molar-refractivity contribution is 0.0995. The number of nitrogens with zero attached hydrogens (tertiary/aromatic N) is 2. The molecule has 1 N–H and O–H groups in total. The Morgan fingerprint density at radius 1 is 1.14 bits per heavy atom. The molecule has 3 heterocycles. The molecule has 0 spiro atoms. The third kappa shape index (κ3) is 4.10. The van der Waals surface area contributed by atoms with Gasteiger partial charge in [0.2, 0.25) is 10.0 Å². The van der Waals surface area contributed by atoms with Crippen molar-refractivity contribution in [3.05, 3.63) is 54.4 Å². The molecule has 0 aliphatic carbocycles. The van der Waals surface area contributed by atoms with Crippen molar-refractivity contribution >= 4 is 38.5 Å². The predicted octanol–water partition coefficient (Wildman–Crippen LogP) is 4.10. The number of hydrogen-bond acceptors (Lipinski definition) is 5. The van der Waals surface area contributed by atoms with E-state index < -0.39 is 10.0 Å². The number of ketones is 1. The SMILES string of the molecule is C[C@H](Sc1ccc(S(=O)(=O)N2CCCCC2)cn1)C(=O)c1c[nH]c2ccccc12. The van der Waals surface area contributed by atoms with E-state index in [1.54, 1.807) is 18.3 Å². The first-order valence-corrected chi connectivity index (χ1v) is 12.0. The first-order valence-electron chi connectivity index (χ1n) is 9.70. The number of carbonyl (C=O) groups is 1. The van der Waals surface area contributed by atoms with Crippen LogP contribution in [0.4, 0.5) is 0 Å². The van der Waals surface area contributed by atoms with Crippen LogP contribution in [0.3, 0.4) is 0 Å². The van der Waals surface area contributed by atoms with Crippen molar-refractivity contribution in [1.29, 1.82) is 0 Å². The van der Waals surface area contributed by atoms with Gasteiger partial charge in [0.15, 0.2) is 5.78 Å². The average Bonchev–Trinajstić information content (AvgIpc) is 3.18. The fourth-order valence-electron chi connectivity index (χ4n) is 3.57. The molecule has 1 atom stereocenters. The van der Waals surface area contributed by atoms with Crippen LogP contribution in [0, 0.1) is 0 Å². The van der Waals surface area contributed by atoms with Crippen molar-refractivity contribution < 1.29 is 13.2 Å². The van der Waals surface area contributed by atoms with Gasteiger partial charge in [-0.2, -0.15) is 4.31 Å². The molecule has 0 saturated carbocycles. The van der Waals surface area contributed by atoms with Crippen molar-refractivity contribution in [2.75, 3.05) is 13.1 Å². The number of aromatic nitrogens is 2. The Bertz CT molecular complexity index is 1120. The van der Waals surface area contributed by atoms with Crippen LogP contribution >= 0.6 is 11.8 Å². The molecule has 1 aliphatic rings. The zero-order valence-corrected chi connectivity index (χ0v) is 17.8. The molecule has 8 heteroatoms. The number of carbonyl (C=O) groups excluding carboxylic acids is 1. The van der Waals surface area contributed by atoms with Gasteiger partial charge in [-0.15, -0.1) is 0 Å².